The summed E-state index contributed by atoms with van der Waals surface area (Å²) in [4.78, 5) is 4.99. The second-order valence-corrected chi connectivity index (χ2v) is 18.3. The summed E-state index contributed by atoms with van der Waals surface area (Å²) < 4.78 is 9.33. The minimum atomic E-state index is -0.582. The van der Waals surface area contributed by atoms with Crippen molar-refractivity contribution in [2.45, 2.75) is 15.2 Å². The third kappa shape index (κ3) is 4.78. The first-order valence-corrected chi connectivity index (χ1v) is 22.2. The summed E-state index contributed by atoms with van der Waals surface area (Å²) in [6, 6.07) is 70.7. The van der Waals surface area contributed by atoms with Gasteiger partial charge in [0.05, 0.1) is 16.8 Å². The van der Waals surface area contributed by atoms with Crippen LogP contribution in [-0.4, -0.2) is 0 Å². The maximum atomic E-state index is 7.05. The highest BCUT2D eigenvalue weighted by Gasteiger charge is 2.51. The van der Waals surface area contributed by atoms with Gasteiger partial charge < -0.3 is 9.32 Å². The standard InChI is InChI=1S/C55H32ClNOS2/c56-34-25-27-38-45(29-34)55(42-17-6-10-23-51(42)60-52-24-11-7-18-43(52)55)44-19-12-20-46(54(38)44)57(35-26-28-50-41(30-35)37-15-5-9-22-49(37)59-50)36-31-40(33-13-2-1-3-14-33)53-39-16-4-8-21-47(39)58-48(53)32-36/h1-32H. The minimum absolute atomic E-state index is 0.582. The van der Waals surface area contributed by atoms with E-state index in [-0.39, 0.29) is 0 Å². The Morgan fingerprint density at radius 3 is 2.00 bits per heavy atom. The van der Waals surface area contributed by atoms with Crippen molar-refractivity contribution >= 4 is 93.9 Å². The van der Waals surface area contributed by atoms with Gasteiger partial charge in [-0.25, -0.2) is 0 Å². The lowest BCUT2D eigenvalue weighted by Crippen LogP contribution is -2.32. The molecular formula is C55H32ClNOS2. The van der Waals surface area contributed by atoms with Gasteiger partial charge in [0, 0.05) is 63.1 Å². The molecule has 0 unspecified atom stereocenters. The quantitative estimate of drug-likeness (QED) is 0.176. The smallest absolute Gasteiger partial charge is 0.138 e. The number of rotatable bonds is 4. The fourth-order valence-electron chi connectivity index (χ4n) is 10.2. The Morgan fingerprint density at radius 2 is 1.17 bits per heavy atom. The molecule has 5 heteroatoms. The van der Waals surface area contributed by atoms with Crippen LogP contribution in [0.4, 0.5) is 17.1 Å². The summed E-state index contributed by atoms with van der Waals surface area (Å²) in [6.45, 7) is 0. The van der Waals surface area contributed by atoms with Crippen molar-refractivity contribution in [2.75, 3.05) is 4.90 Å². The van der Waals surface area contributed by atoms with Gasteiger partial charge in [0.15, 0.2) is 0 Å². The molecule has 1 aliphatic heterocycles. The lowest BCUT2D eigenvalue weighted by molar-refractivity contribution is 0.669. The second kappa shape index (κ2) is 13.0. The van der Waals surface area contributed by atoms with E-state index >= 15 is 0 Å². The Kier molecular flexibility index (Phi) is 7.42. The third-order valence-electron chi connectivity index (χ3n) is 12.6. The second-order valence-electron chi connectivity index (χ2n) is 15.7. The van der Waals surface area contributed by atoms with Crippen LogP contribution >= 0.6 is 34.7 Å². The Morgan fingerprint density at radius 1 is 0.467 bits per heavy atom. The van der Waals surface area contributed by atoms with Gasteiger partial charge in [-0.15, -0.1) is 11.3 Å². The zero-order chi connectivity index (χ0) is 39.5. The summed E-state index contributed by atoms with van der Waals surface area (Å²) in [5.41, 5.74) is 14.0. The molecule has 0 saturated carbocycles. The fourth-order valence-corrected chi connectivity index (χ4v) is 12.6. The van der Waals surface area contributed by atoms with E-state index in [1.54, 1.807) is 0 Å². The van der Waals surface area contributed by atoms with Crippen molar-refractivity contribution in [3.05, 3.63) is 221 Å². The molecule has 282 valence electrons. The molecule has 0 bridgehead atoms. The van der Waals surface area contributed by atoms with Gasteiger partial charge in [-0.1, -0.05) is 145 Å². The molecule has 60 heavy (non-hydrogen) atoms. The number of benzene rings is 9. The first-order valence-electron chi connectivity index (χ1n) is 20.2. The van der Waals surface area contributed by atoms with Gasteiger partial charge in [0.25, 0.3) is 0 Å². The molecule has 0 atom stereocenters. The molecule has 1 spiro atoms. The van der Waals surface area contributed by atoms with Crippen molar-refractivity contribution in [3.63, 3.8) is 0 Å². The molecule has 13 rings (SSSR count). The van der Waals surface area contributed by atoms with Gasteiger partial charge in [-0.3, -0.25) is 0 Å². The van der Waals surface area contributed by atoms with Crippen molar-refractivity contribution in [2.24, 2.45) is 0 Å². The van der Waals surface area contributed by atoms with Crippen LogP contribution in [0.1, 0.15) is 22.3 Å². The van der Waals surface area contributed by atoms with Crippen LogP contribution < -0.4 is 4.90 Å². The first-order chi connectivity index (χ1) is 29.6. The topological polar surface area (TPSA) is 16.4 Å². The van der Waals surface area contributed by atoms with Gasteiger partial charge in [-0.2, -0.15) is 0 Å². The number of hydrogen-bond acceptors (Lipinski definition) is 4. The molecule has 2 nitrogen and oxygen atoms in total. The zero-order valence-electron chi connectivity index (χ0n) is 32.0. The number of halogens is 1. The van der Waals surface area contributed by atoms with Crippen molar-refractivity contribution < 1.29 is 4.42 Å². The normalized spacial score (nSPS) is 13.5. The van der Waals surface area contributed by atoms with Crippen LogP contribution in [0.25, 0.3) is 64.4 Å². The summed E-state index contributed by atoms with van der Waals surface area (Å²) in [5, 5.41) is 5.46. The molecule has 9 aromatic carbocycles. The van der Waals surface area contributed by atoms with Crippen LogP contribution in [0.15, 0.2) is 208 Å². The molecule has 0 fully saturated rings. The van der Waals surface area contributed by atoms with Crippen molar-refractivity contribution in [1.82, 2.24) is 0 Å². The fraction of sp³-hybridized carbons (Fsp3) is 0.0182. The SMILES string of the molecule is Clc1ccc2c(c1)C1(c3ccccc3Sc3ccccc31)c1cccc(N(c3cc(-c4ccccc4)c4c(c3)oc3ccccc34)c3ccc4sc5ccccc5c4c3)c1-2. The number of furan rings is 1. The molecule has 0 radical (unpaired) electrons. The molecule has 0 amide bonds. The van der Waals surface area contributed by atoms with Crippen LogP contribution in [0.2, 0.25) is 5.02 Å². The van der Waals surface area contributed by atoms with Gasteiger partial charge in [-0.05, 0) is 106 Å². The number of hydrogen-bond donors (Lipinski definition) is 0. The monoisotopic (exact) mass is 821 g/mol. The number of fused-ring (bicyclic) bond motifs is 15. The lowest BCUT2D eigenvalue weighted by atomic mass is 9.67. The molecule has 1 aliphatic carbocycles. The maximum Gasteiger partial charge on any atom is 0.138 e. The van der Waals surface area contributed by atoms with E-state index in [1.165, 1.54) is 63.3 Å². The van der Waals surface area contributed by atoms with Crippen molar-refractivity contribution in [1.29, 1.82) is 0 Å². The summed E-state index contributed by atoms with van der Waals surface area (Å²) >= 11 is 10.7. The third-order valence-corrected chi connectivity index (χ3v) is 15.1. The molecular weight excluding hydrogens is 790 g/mol. The molecule has 3 heterocycles. The predicted molar refractivity (Wildman–Crippen MR) is 253 cm³/mol. The van der Waals surface area contributed by atoms with E-state index < -0.39 is 5.41 Å². The lowest BCUT2D eigenvalue weighted by Gasteiger charge is -2.39. The molecule has 2 aromatic heterocycles. The van der Waals surface area contributed by atoms with Crippen molar-refractivity contribution in [3.8, 4) is 22.3 Å². The Labute approximate surface area is 359 Å². The number of anilines is 3. The van der Waals surface area contributed by atoms with E-state index in [0.717, 1.165) is 55.2 Å². The number of thiophene rings is 1. The Bertz CT molecular complexity index is 3520. The summed E-state index contributed by atoms with van der Waals surface area (Å²) in [7, 11) is 0. The largest absolute Gasteiger partial charge is 0.456 e. The van der Waals surface area contributed by atoms with Crippen LogP contribution in [-0.2, 0) is 5.41 Å². The zero-order valence-corrected chi connectivity index (χ0v) is 34.4. The maximum absolute atomic E-state index is 7.05. The number of nitrogens with zero attached hydrogens (tertiary/aromatic N) is 1. The van der Waals surface area contributed by atoms with E-state index in [4.69, 9.17) is 16.0 Å². The van der Waals surface area contributed by atoms with E-state index in [1.807, 2.05) is 29.2 Å². The average Bonchev–Trinajstić information content (AvgIpc) is 3.95. The van der Waals surface area contributed by atoms with Crippen LogP contribution in [0.3, 0.4) is 0 Å². The van der Waals surface area contributed by atoms with Gasteiger partial charge in [0.1, 0.15) is 11.2 Å². The minimum Gasteiger partial charge on any atom is -0.456 e. The van der Waals surface area contributed by atoms with Gasteiger partial charge in [0.2, 0.25) is 0 Å². The van der Waals surface area contributed by atoms with E-state index in [9.17, 15) is 0 Å². The first kappa shape index (κ1) is 34.3. The molecule has 0 N–H and O–H groups in total. The predicted octanol–water partition coefficient (Wildman–Crippen LogP) is 16.6. The highest BCUT2D eigenvalue weighted by Crippen LogP contribution is 2.64. The molecule has 2 aliphatic rings. The molecule has 0 saturated heterocycles. The Hall–Kier alpha value is -6.56. The highest BCUT2D eigenvalue weighted by molar-refractivity contribution is 7.99. The molecule has 11 aromatic rings. The Balaban J connectivity index is 1.16. The van der Waals surface area contributed by atoms with Crippen LogP contribution in [0.5, 0.6) is 0 Å². The summed E-state index contributed by atoms with van der Waals surface area (Å²) in [6.07, 6.45) is 0. The van der Waals surface area contributed by atoms with E-state index in [0.29, 0.717) is 0 Å². The van der Waals surface area contributed by atoms with E-state index in [2.05, 4.69) is 193 Å². The summed E-state index contributed by atoms with van der Waals surface area (Å²) in [5.74, 6) is 0. The van der Waals surface area contributed by atoms with Gasteiger partial charge >= 0.3 is 0 Å². The highest BCUT2D eigenvalue weighted by atomic mass is 35.5. The van der Waals surface area contributed by atoms with Crippen LogP contribution in [0, 0.1) is 0 Å². The number of para-hydroxylation sites is 1. The average molecular weight is 822 g/mol.